The molecule has 47 heavy (non-hydrogen) atoms. The Balaban J connectivity index is 1.38. The number of thiazole rings is 1. The van der Waals surface area contributed by atoms with Gasteiger partial charge < -0.3 is 31.1 Å². The number of aryl methyl sites for hydroxylation is 1. The zero-order valence-corrected chi connectivity index (χ0v) is 27.7. The molecule has 1 saturated heterocycles. The average Bonchev–Trinajstić information content (AvgIpc) is 3.65. The van der Waals surface area contributed by atoms with Crippen LogP contribution >= 0.6 is 11.3 Å². The van der Waals surface area contributed by atoms with Gasteiger partial charge in [0.15, 0.2) is 0 Å². The van der Waals surface area contributed by atoms with Crippen molar-refractivity contribution in [3.8, 4) is 10.4 Å². The Hall–Kier alpha value is -4.62. The molecule has 0 spiro atoms. The fourth-order valence-corrected chi connectivity index (χ4v) is 6.12. The van der Waals surface area contributed by atoms with Gasteiger partial charge in [0.05, 0.1) is 22.2 Å². The van der Waals surface area contributed by atoms with E-state index in [9.17, 15) is 29.1 Å². The Morgan fingerprint density at radius 1 is 0.979 bits per heavy atom. The number of hydrogen-bond acceptors (Lipinski definition) is 8. The minimum atomic E-state index is -1.02. The number of aliphatic hydroxyl groups is 1. The third-order valence-corrected chi connectivity index (χ3v) is 8.92. The molecular formula is C34H41N5O7S. The smallest absolute Gasteiger partial charge is 0.303 e. The average molecular weight is 664 g/mol. The van der Waals surface area contributed by atoms with Gasteiger partial charge in [0.2, 0.25) is 11.8 Å². The highest BCUT2D eigenvalue weighted by Gasteiger charge is 2.44. The molecule has 0 aliphatic carbocycles. The fourth-order valence-electron chi connectivity index (χ4n) is 5.31. The molecule has 0 saturated carbocycles. The molecule has 0 radical (unpaired) electrons. The number of aliphatic hydroxyl groups excluding tert-OH is 1. The Labute approximate surface area is 277 Å². The molecule has 2 heterocycles. The SMILES string of the molecule is Cc1ncsc1-c1ccc(CNC(=O)[C@@H]2C[C@@H](O)CN2C(=O)C(NC(=O)c2ccc(C(=O)NCCCC(=O)O)cc2)C(C)(C)C)cc1. The van der Waals surface area contributed by atoms with Gasteiger partial charge in [-0.2, -0.15) is 0 Å². The molecule has 12 nitrogen and oxygen atoms in total. The number of hydrogen-bond donors (Lipinski definition) is 5. The first kappa shape index (κ1) is 35.2. The standard InChI is InChI=1S/C34H41N5O7S/c1-20-28(47-19-37-20)22-9-7-21(8-10-22)17-36-32(45)26-16-25(40)18-39(26)33(46)29(34(2,3)4)38-31(44)24-13-11-23(12-14-24)30(43)35-15-5-6-27(41)42/h7-14,19,25-26,29,40H,5-6,15-18H2,1-4H3,(H,35,43)(H,36,45)(H,38,44)(H,41,42)/t25-,26+,29?/m1/s1. The van der Waals surface area contributed by atoms with Crippen LogP contribution in [0, 0.1) is 12.3 Å². The number of nitrogens with one attached hydrogen (secondary N) is 3. The van der Waals surface area contributed by atoms with Crippen LogP contribution in [0.2, 0.25) is 0 Å². The normalized spacial score (nSPS) is 16.7. The lowest BCUT2D eigenvalue weighted by molar-refractivity contribution is -0.142. The topological polar surface area (TPSA) is 178 Å². The molecular weight excluding hydrogens is 622 g/mol. The van der Waals surface area contributed by atoms with Crippen molar-refractivity contribution in [3.05, 3.63) is 76.4 Å². The second-order valence-corrected chi connectivity index (χ2v) is 13.5. The number of β-amino-alcohol motifs (C(OH)–C–C–N with tert-alkyl or cyclic N) is 1. The Bertz CT molecular complexity index is 1600. The molecule has 4 amide bonds. The number of rotatable bonds is 12. The summed E-state index contributed by atoms with van der Waals surface area (Å²) in [7, 11) is 0. The largest absolute Gasteiger partial charge is 0.481 e. The molecule has 250 valence electrons. The van der Waals surface area contributed by atoms with Crippen molar-refractivity contribution in [2.24, 2.45) is 5.41 Å². The van der Waals surface area contributed by atoms with Gasteiger partial charge in [0.1, 0.15) is 12.1 Å². The van der Waals surface area contributed by atoms with Crippen LogP contribution in [0.4, 0.5) is 0 Å². The first-order valence-electron chi connectivity index (χ1n) is 15.4. The van der Waals surface area contributed by atoms with Gasteiger partial charge in [-0.05, 0) is 54.2 Å². The van der Waals surface area contributed by atoms with Crippen molar-refractivity contribution in [3.63, 3.8) is 0 Å². The number of nitrogens with zero attached hydrogens (tertiary/aromatic N) is 2. The van der Waals surface area contributed by atoms with Crippen LogP contribution in [0.1, 0.15) is 72.0 Å². The Morgan fingerprint density at radius 2 is 1.62 bits per heavy atom. The van der Waals surface area contributed by atoms with Gasteiger partial charge in [-0.3, -0.25) is 24.0 Å². The molecule has 1 aliphatic heterocycles. The van der Waals surface area contributed by atoms with Gasteiger partial charge in [0, 0.05) is 43.6 Å². The highest BCUT2D eigenvalue weighted by molar-refractivity contribution is 7.13. The summed E-state index contributed by atoms with van der Waals surface area (Å²) in [6, 6.07) is 11.7. The predicted octanol–water partition coefficient (Wildman–Crippen LogP) is 3.14. The molecule has 1 unspecified atom stereocenters. The number of carboxylic acids is 1. The molecule has 13 heteroatoms. The van der Waals surface area contributed by atoms with Crippen molar-refractivity contribution >= 4 is 40.9 Å². The molecule has 4 rings (SSSR count). The second-order valence-electron chi connectivity index (χ2n) is 12.7. The maximum Gasteiger partial charge on any atom is 0.303 e. The molecule has 3 aromatic rings. The quantitative estimate of drug-likeness (QED) is 0.184. The van der Waals surface area contributed by atoms with E-state index in [2.05, 4.69) is 20.9 Å². The van der Waals surface area contributed by atoms with E-state index in [0.717, 1.165) is 21.7 Å². The lowest BCUT2D eigenvalue weighted by atomic mass is 9.85. The van der Waals surface area contributed by atoms with Crippen LogP contribution < -0.4 is 16.0 Å². The van der Waals surface area contributed by atoms with E-state index < -0.39 is 53.2 Å². The van der Waals surface area contributed by atoms with Crippen LogP contribution in [0.25, 0.3) is 10.4 Å². The lowest BCUT2D eigenvalue weighted by Crippen LogP contribution is -2.57. The van der Waals surface area contributed by atoms with E-state index in [1.54, 1.807) is 37.6 Å². The summed E-state index contributed by atoms with van der Waals surface area (Å²) in [4.78, 5) is 70.2. The Morgan fingerprint density at radius 3 is 2.19 bits per heavy atom. The maximum atomic E-state index is 13.9. The van der Waals surface area contributed by atoms with Crippen LogP contribution in [-0.4, -0.2) is 81.0 Å². The van der Waals surface area contributed by atoms with Crippen LogP contribution in [-0.2, 0) is 20.9 Å². The Kier molecular flexibility index (Phi) is 11.5. The molecule has 1 aromatic heterocycles. The third kappa shape index (κ3) is 9.23. The van der Waals surface area contributed by atoms with E-state index in [0.29, 0.717) is 12.0 Å². The van der Waals surface area contributed by atoms with Crippen molar-refractivity contribution in [2.45, 2.75) is 71.7 Å². The summed E-state index contributed by atoms with van der Waals surface area (Å²) >= 11 is 1.56. The number of amides is 4. The van der Waals surface area contributed by atoms with Crippen molar-refractivity contribution < 1.29 is 34.2 Å². The van der Waals surface area contributed by atoms with Crippen molar-refractivity contribution in [1.82, 2.24) is 25.8 Å². The fraction of sp³-hybridized carbons (Fsp3) is 0.412. The maximum absolute atomic E-state index is 13.9. The third-order valence-electron chi connectivity index (χ3n) is 7.94. The summed E-state index contributed by atoms with van der Waals surface area (Å²) in [5.41, 5.74) is 4.45. The number of likely N-dealkylation sites (tertiary alicyclic amines) is 1. The van der Waals surface area contributed by atoms with Gasteiger partial charge in [-0.25, -0.2) is 4.98 Å². The van der Waals surface area contributed by atoms with Gasteiger partial charge >= 0.3 is 5.97 Å². The van der Waals surface area contributed by atoms with E-state index in [1.807, 2.05) is 31.2 Å². The van der Waals surface area contributed by atoms with Gasteiger partial charge in [0.25, 0.3) is 11.8 Å². The number of aliphatic carboxylic acids is 1. The van der Waals surface area contributed by atoms with Crippen LogP contribution in [0.15, 0.2) is 54.0 Å². The first-order valence-corrected chi connectivity index (χ1v) is 16.3. The van der Waals surface area contributed by atoms with E-state index in [-0.39, 0.29) is 38.0 Å². The summed E-state index contributed by atoms with van der Waals surface area (Å²) in [5.74, 6) is -2.76. The number of carboxylic acid groups (broad SMARTS) is 1. The minimum absolute atomic E-state index is 0.0431. The van der Waals surface area contributed by atoms with E-state index in [4.69, 9.17) is 5.11 Å². The van der Waals surface area contributed by atoms with Crippen molar-refractivity contribution in [2.75, 3.05) is 13.1 Å². The number of benzene rings is 2. The first-order chi connectivity index (χ1) is 22.2. The monoisotopic (exact) mass is 663 g/mol. The lowest BCUT2D eigenvalue weighted by Gasteiger charge is -2.35. The molecule has 5 N–H and O–H groups in total. The molecule has 2 aromatic carbocycles. The summed E-state index contributed by atoms with van der Waals surface area (Å²) in [6.45, 7) is 7.75. The minimum Gasteiger partial charge on any atom is -0.481 e. The van der Waals surface area contributed by atoms with Crippen molar-refractivity contribution in [1.29, 1.82) is 0 Å². The van der Waals surface area contributed by atoms with Gasteiger partial charge in [-0.15, -0.1) is 11.3 Å². The van der Waals surface area contributed by atoms with E-state index >= 15 is 0 Å². The molecule has 1 aliphatic rings. The number of carbonyl (C=O) groups is 5. The van der Waals surface area contributed by atoms with E-state index in [1.165, 1.54) is 29.2 Å². The number of aromatic nitrogens is 1. The van der Waals surface area contributed by atoms with Crippen LogP contribution in [0.5, 0.6) is 0 Å². The molecule has 3 atom stereocenters. The molecule has 0 bridgehead atoms. The number of carbonyl (C=O) groups excluding carboxylic acids is 4. The summed E-state index contributed by atoms with van der Waals surface area (Å²) in [6.07, 6.45) is -0.581. The van der Waals surface area contributed by atoms with Crippen LogP contribution in [0.3, 0.4) is 0 Å². The van der Waals surface area contributed by atoms with Gasteiger partial charge in [-0.1, -0.05) is 45.0 Å². The molecule has 1 fully saturated rings. The predicted molar refractivity (Wildman–Crippen MR) is 177 cm³/mol. The summed E-state index contributed by atoms with van der Waals surface area (Å²) in [5, 5.41) is 27.5. The second kappa shape index (κ2) is 15.3. The zero-order valence-electron chi connectivity index (χ0n) is 26.9. The zero-order chi connectivity index (χ0) is 34.3. The summed E-state index contributed by atoms with van der Waals surface area (Å²) < 4.78 is 0. The highest BCUT2D eigenvalue weighted by atomic mass is 32.1. The highest BCUT2D eigenvalue weighted by Crippen LogP contribution is 2.28.